The predicted molar refractivity (Wildman–Crippen MR) is 78.3 cm³/mol. The maximum Gasteiger partial charge on any atom is 0.256 e. The Balaban J connectivity index is 1.94. The second-order valence-corrected chi connectivity index (χ2v) is 4.95. The van der Waals surface area contributed by atoms with Crippen LogP contribution >= 0.6 is 0 Å². The zero-order valence-electron chi connectivity index (χ0n) is 11.4. The summed E-state index contributed by atoms with van der Waals surface area (Å²) in [5, 5.41) is 13.0. The van der Waals surface area contributed by atoms with E-state index in [-0.39, 0.29) is 0 Å². The van der Waals surface area contributed by atoms with Gasteiger partial charge in [0.1, 0.15) is 5.60 Å². The van der Waals surface area contributed by atoms with Gasteiger partial charge in [-0.2, -0.15) is 0 Å². The Bertz CT molecular complexity index is 553. The number of amides is 1. The van der Waals surface area contributed by atoms with E-state index in [0.717, 1.165) is 5.56 Å². The fourth-order valence-corrected chi connectivity index (χ4v) is 1.85. The number of nitrogens with one attached hydrogen (secondary N) is 1. The molecule has 2 aromatic rings. The summed E-state index contributed by atoms with van der Waals surface area (Å²) >= 11 is 0. The maximum absolute atomic E-state index is 12.1. The number of pyridine rings is 1. The molecule has 1 atom stereocenters. The van der Waals surface area contributed by atoms with E-state index in [1.54, 1.807) is 24.5 Å². The second-order valence-electron chi connectivity index (χ2n) is 4.95. The second kappa shape index (κ2) is 6.30. The first-order chi connectivity index (χ1) is 9.58. The molecule has 0 saturated carbocycles. The molecule has 0 fully saturated rings. The number of carbonyl (C=O) groups is 1. The van der Waals surface area contributed by atoms with Crippen LogP contribution in [0.1, 0.15) is 18.9 Å². The van der Waals surface area contributed by atoms with Crippen molar-refractivity contribution in [2.75, 3.05) is 5.32 Å². The summed E-state index contributed by atoms with van der Waals surface area (Å²) in [5.41, 5.74) is 0.327. The van der Waals surface area contributed by atoms with Crippen molar-refractivity contribution in [3.05, 3.63) is 60.4 Å². The molecule has 4 nitrogen and oxygen atoms in total. The van der Waals surface area contributed by atoms with E-state index in [2.05, 4.69) is 10.3 Å². The molecule has 0 radical (unpaired) electrons. The van der Waals surface area contributed by atoms with Crippen LogP contribution in [0.15, 0.2) is 54.9 Å². The van der Waals surface area contributed by atoms with E-state index < -0.39 is 11.5 Å². The van der Waals surface area contributed by atoms with Crippen LogP contribution in [0, 0.1) is 0 Å². The Labute approximate surface area is 118 Å². The quantitative estimate of drug-likeness (QED) is 0.877. The number of nitrogens with zero attached hydrogens (tertiary/aromatic N) is 1. The molecule has 1 aromatic heterocycles. The number of aromatic nitrogens is 1. The van der Waals surface area contributed by atoms with Gasteiger partial charge in [0.25, 0.3) is 5.91 Å². The van der Waals surface area contributed by atoms with Crippen LogP contribution in [0.25, 0.3) is 0 Å². The summed E-state index contributed by atoms with van der Waals surface area (Å²) < 4.78 is 0. The molecule has 1 heterocycles. The van der Waals surface area contributed by atoms with Gasteiger partial charge in [0.15, 0.2) is 0 Å². The van der Waals surface area contributed by atoms with E-state index in [9.17, 15) is 9.90 Å². The third-order valence-electron chi connectivity index (χ3n) is 3.17. The van der Waals surface area contributed by atoms with Crippen LogP contribution in [0.3, 0.4) is 0 Å². The smallest absolute Gasteiger partial charge is 0.256 e. The van der Waals surface area contributed by atoms with Gasteiger partial charge in [-0.05, 0) is 37.5 Å². The molecular formula is C16H18N2O2. The van der Waals surface area contributed by atoms with E-state index in [1.807, 2.05) is 30.3 Å². The van der Waals surface area contributed by atoms with Gasteiger partial charge >= 0.3 is 0 Å². The number of aryl methyl sites for hydroxylation is 1. The van der Waals surface area contributed by atoms with Crippen molar-refractivity contribution in [2.24, 2.45) is 0 Å². The van der Waals surface area contributed by atoms with Gasteiger partial charge in [-0.1, -0.05) is 30.3 Å². The summed E-state index contributed by atoms with van der Waals surface area (Å²) in [5.74, 6) is -0.403. The summed E-state index contributed by atoms with van der Waals surface area (Å²) in [4.78, 5) is 16.0. The Hall–Kier alpha value is -2.20. The summed E-state index contributed by atoms with van der Waals surface area (Å²) in [6.07, 6.45) is 4.20. The van der Waals surface area contributed by atoms with Gasteiger partial charge in [-0.3, -0.25) is 9.78 Å². The number of aliphatic hydroxyl groups is 1. The maximum atomic E-state index is 12.1. The van der Waals surface area contributed by atoms with E-state index in [4.69, 9.17) is 0 Å². The summed E-state index contributed by atoms with van der Waals surface area (Å²) in [7, 11) is 0. The number of carbonyl (C=O) groups excluding carboxylic acids is 1. The van der Waals surface area contributed by atoms with Crippen molar-refractivity contribution >= 4 is 11.6 Å². The van der Waals surface area contributed by atoms with Crippen LogP contribution in [0.2, 0.25) is 0 Å². The first-order valence-electron chi connectivity index (χ1n) is 6.56. The molecule has 4 heteroatoms. The molecule has 0 aliphatic heterocycles. The zero-order valence-corrected chi connectivity index (χ0v) is 11.4. The molecule has 1 aromatic carbocycles. The Morgan fingerprint density at radius 1 is 1.20 bits per heavy atom. The van der Waals surface area contributed by atoms with Gasteiger partial charge < -0.3 is 10.4 Å². The zero-order chi connectivity index (χ0) is 14.4. The van der Waals surface area contributed by atoms with Gasteiger partial charge in [-0.25, -0.2) is 0 Å². The highest BCUT2D eigenvalue weighted by Crippen LogP contribution is 2.17. The largest absolute Gasteiger partial charge is 0.380 e. The van der Waals surface area contributed by atoms with Crippen LogP contribution in [-0.4, -0.2) is 21.6 Å². The number of anilines is 1. The van der Waals surface area contributed by atoms with E-state index >= 15 is 0 Å². The molecular weight excluding hydrogens is 252 g/mol. The first kappa shape index (κ1) is 14.2. The molecule has 2 rings (SSSR count). The molecule has 0 saturated heterocycles. The van der Waals surface area contributed by atoms with Crippen LogP contribution in [0.5, 0.6) is 0 Å². The van der Waals surface area contributed by atoms with Crippen LogP contribution in [-0.2, 0) is 11.2 Å². The third-order valence-corrected chi connectivity index (χ3v) is 3.17. The van der Waals surface area contributed by atoms with Crippen molar-refractivity contribution < 1.29 is 9.90 Å². The van der Waals surface area contributed by atoms with Gasteiger partial charge in [0, 0.05) is 18.1 Å². The number of benzene rings is 1. The third kappa shape index (κ3) is 3.90. The molecule has 1 unspecified atom stereocenters. The van der Waals surface area contributed by atoms with E-state index in [0.29, 0.717) is 18.5 Å². The topological polar surface area (TPSA) is 62.2 Å². The lowest BCUT2D eigenvalue weighted by atomic mass is 9.96. The highest BCUT2D eigenvalue weighted by Gasteiger charge is 2.29. The van der Waals surface area contributed by atoms with E-state index in [1.165, 1.54) is 6.92 Å². The number of hydrogen-bond acceptors (Lipinski definition) is 3. The molecule has 0 spiro atoms. The Morgan fingerprint density at radius 2 is 1.85 bits per heavy atom. The molecule has 0 bridgehead atoms. The SMILES string of the molecule is CC(O)(CCc1ccccc1)C(=O)Nc1ccncc1. The van der Waals surface area contributed by atoms with Crippen molar-refractivity contribution in [3.63, 3.8) is 0 Å². The highest BCUT2D eigenvalue weighted by atomic mass is 16.3. The molecule has 2 N–H and O–H groups in total. The minimum absolute atomic E-state index is 0.369. The molecule has 0 aliphatic rings. The fourth-order valence-electron chi connectivity index (χ4n) is 1.85. The minimum atomic E-state index is -1.40. The average molecular weight is 270 g/mol. The lowest BCUT2D eigenvalue weighted by molar-refractivity contribution is -0.132. The molecule has 104 valence electrons. The first-order valence-corrected chi connectivity index (χ1v) is 6.56. The Kier molecular flexibility index (Phi) is 4.48. The fraction of sp³-hybridized carbons (Fsp3) is 0.250. The van der Waals surface area contributed by atoms with Crippen molar-refractivity contribution in [3.8, 4) is 0 Å². The summed E-state index contributed by atoms with van der Waals surface area (Å²) in [6, 6.07) is 13.2. The number of rotatable bonds is 5. The molecule has 1 amide bonds. The van der Waals surface area contributed by atoms with Crippen molar-refractivity contribution in [1.29, 1.82) is 0 Å². The normalized spacial score (nSPS) is 13.5. The van der Waals surface area contributed by atoms with Crippen molar-refractivity contribution in [1.82, 2.24) is 4.98 Å². The lowest BCUT2D eigenvalue weighted by Gasteiger charge is -2.22. The molecule has 0 aliphatic carbocycles. The highest BCUT2D eigenvalue weighted by molar-refractivity contribution is 5.96. The minimum Gasteiger partial charge on any atom is -0.380 e. The summed E-state index contributed by atoms with van der Waals surface area (Å²) in [6.45, 7) is 1.53. The van der Waals surface area contributed by atoms with Gasteiger partial charge in [0.2, 0.25) is 0 Å². The number of hydrogen-bond donors (Lipinski definition) is 2. The monoisotopic (exact) mass is 270 g/mol. The van der Waals surface area contributed by atoms with Gasteiger partial charge in [0.05, 0.1) is 0 Å². The Morgan fingerprint density at radius 3 is 2.50 bits per heavy atom. The average Bonchev–Trinajstić information content (AvgIpc) is 2.47. The van der Waals surface area contributed by atoms with Crippen LogP contribution < -0.4 is 5.32 Å². The van der Waals surface area contributed by atoms with Crippen LogP contribution in [0.4, 0.5) is 5.69 Å². The van der Waals surface area contributed by atoms with Crippen molar-refractivity contribution in [2.45, 2.75) is 25.4 Å². The lowest BCUT2D eigenvalue weighted by Crippen LogP contribution is -2.40. The molecule has 20 heavy (non-hydrogen) atoms. The standard InChI is InChI=1S/C16H18N2O2/c1-16(20,10-7-13-5-3-2-4-6-13)15(19)18-14-8-11-17-12-9-14/h2-6,8-9,11-12,20H,7,10H2,1H3,(H,17,18,19). The predicted octanol–water partition coefficient (Wildman–Crippen LogP) is 2.40. The van der Waals surface area contributed by atoms with Gasteiger partial charge in [-0.15, -0.1) is 0 Å².